The molecule has 1 unspecified atom stereocenters. The third kappa shape index (κ3) is 4.18. The van der Waals surface area contributed by atoms with E-state index < -0.39 is 15.3 Å². The van der Waals surface area contributed by atoms with Gasteiger partial charge in [0, 0.05) is 5.69 Å². The van der Waals surface area contributed by atoms with Gasteiger partial charge in [-0.1, -0.05) is 45.1 Å². The third-order valence-corrected chi connectivity index (χ3v) is 5.17. The normalized spacial score (nSPS) is 13.3. The molecule has 1 aromatic rings. The minimum absolute atomic E-state index is 0.00462. The number of hydrogen-bond donors (Lipinski definition) is 2. The SMILES string of the molecule is CCC(C(N)=S)S(=O)(=O)Nc1cccc(C(C)C)c1. The number of benzene rings is 1. The zero-order valence-corrected chi connectivity index (χ0v) is 13.0. The molecule has 0 spiro atoms. The molecular weight excluding hydrogens is 280 g/mol. The lowest BCUT2D eigenvalue weighted by molar-refractivity contribution is 0.594. The van der Waals surface area contributed by atoms with Gasteiger partial charge in [-0.2, -0.15) is 0 Å². The van der Waals surface area contributed by atoms with Gasteiger partial charge in [0.05, 0.1) is 4.99 Å². The lowest BCUT2D eigenvalue weighted by atomic mass is 10.0. The van der Waals surface area contributed by atoms with Gasteiger partial charge in [-0.15, -0.1) is 0 Å². The highest BCUT2D eigenvalue weighted by Gasteiger charge is 2.26. The molecular formula is C13H20N2O2S2. The Balaban J connectivity index is 3.01. The first-order valence-corrected chi connectivity index (χ1v) is 8.14. The summed E-state index contributed by atoms with van der Waals surface area (Å²) in [5.74, 6) is 0.335. The summed E-state index contributed by atoms with van der Waals surface area (Å²) in [6.45, 7) is 5.85. The van der Waals surface area contributed by atoms with Gasteiger partial charge < -0.3 is 5.73 Å². The van der Waals surface area contributed by atoms with Crippen LogP contribution in [0, 0.1) is 0 Å². The van der Waals surface area contributed by atoms with E-state index in [4.69, 9.17) is 18.0 Å². The molecule has 3 N–H and O–H groups in total. The van der Waals surface area contributed by atoms with Gasteiger partial charge >= 0.3 is 0 Å². The maximum Gasteiger partial charge on any atom is 0.242 e. The predicted molar refractivity (Wildman–Crippen MR) is 83.9 cm³/mol. The number of sulfonamides is 1. The van der Waals surface area contributed by atoms with Gasteiger partial charge in [-0.3, -0.25) is 4.72 Å². The van der Waals surface area contributed by atoms with E-state index in [-0.39, 0.29) is 4.99 Å². The largest absolute Gasteiger partial charge is 0.392 e. The number of rotatable bonds is 6. The Labute approximate surface area is 120 Å². The van der Waals surface area contributed by atoms with Crippen molar-refractivity contribution in [3.05, 3.63) is 29.8 Å². The van der Waals surface area contributed by atoms with Crippen molar-refractivity contribution >= 4 is 32.9 Å². The van der Waals surface area contributed by atoms with Crippen LogP contribution in [0.4, 0.5) is 5.69 Å². The van der Waals surface area contributed by atoms with Crippen LogP contribution in [-0.4, -0.2) is 18.7 Å². The molecule has 19 heavy (non-hydrogen) atoms. The molecule has 0 aliphatic rings. The molecule has 0 bridgehead atoms. The van der Waals surface area contributed by atoms with Gasteiger partial charge in [0.2, 0.25) is 10.0 Å². The van der Waals surface area contributed by atoms with E-state index in [1.807, 2.05) is 18.2 Å². The Morgan fingerprint density at radius 2 is 2.05 bits per heavy atom. The second-order valence-corrected chi connectivity index (χ2v) is 7.06. The van der Waals surface area contributed by atoms with Crippen LogP contribution in [0.15, 0.2) is 24.3 Å². The van der Waals surface area contributed by atoms with Gasteiger partial charge in [-0.05, 0) is 30.0 Å². The summed E-state index contributed by atoms with van der Waals surface area (Å²) >= 11 is 4.81. The summed E-state index contributed by atoms with van der Waals surface area (Å²) in [5.41, 5.74) is 7.09. The Kier molecular flexibility index (Phi) is 5.31. The van der Waals surface area contributed by atoms with E-state index in [0.29, 0.717) is 18.0 Å². The van der Waals surface area contributed by atoms with Crippen LogP contribution in [-0.2, 0) is 10.0 Å². The zero-order valence-electron chi connectivity index (χ0n) is 11.4. The molecule has 1 atom stereocenters. The first-order valence-electron chi connectivity index (χ1n) is 6.18. The van der Waals surface area contributed by atoms with Crippen LogP contribution in [0.5, 0.6) is 0 Å². The molecule has 0 aliphatic carbocycles. The Morgan fingerprint density at radius 1 is 1.42 bits per heavy atom. The van der Waals surface area contributed by atoms with Gasteiger partial charge in [0.25, 0.3) is 0 Å². The molecule has 1 aromatic carbocycles. The maximum atomic E-state index is 12.2. The number of nitrogens with two attached hydrogens (primary N) is 1. The molecule has 0 saturated carbocycles. The van der Waals surface area contributed by atoms with Gasteiger partial charge in [-0.25, -0.2) is 8.42 Å². The van der Waals surface area contributed by atoms with E-state index in [9.17, 15) is 8.42 Å². The molecule has 0 amide bonds. The standard InChI is InChI=1S/C13H20N2O2S2/c1-4-12(13(14)18)19(16,17)15-11-7-5-6-10(8-11)9(2)3/h5-9,12,15H,4H2,1-3H3,(H2,14,18). The molecule has 0 heterocycles. The fourth-order valence-electron chi connectivity index (χ4n) is 1.77. The molecule has 106 valence electrons. The van der Waals surface area contributed by atoms with Crippen molar-refractivity contribution in [3.63, 3.8) is 0 Å². The fraction of sp³-hybridized carbons (Fsp3) is 0.462. The monoisotopic (exact) mass is 300 g/mol. The minimum atomic E-state index is -3.58. The average molecular weight is 300 g/mol. The van der Waals surface area contributed by atoms with Gasteiger partial charge in [0.1, 0.15) is 5.25 Å². The number of hydrogen-bond acceptors (Lipinski definition) is 3. The maximum absolute atomic E-state index is 12.2. The average Bonchev–Trinajstić information content (AvgIpc) is 2.28. The van der Waals surface area contributed by atoms with E-state index >= 15 is 0 Å². The van der Waals surface area contributed by atoms with Crippen molar-refractivity contribution in [1.82, 2.24) is 0 Å². The summed E-state index contributed by atoms with van der Waals surface area (Å²) in [4.78, 5) is -0.00462. The lowest BCUT2D eigenvalue weighted by Crippen LogP contribution is -2.37. The number of nitrogens with one attached hydrogen (secondary N) is 1. The molecule has 0 aromatic heterocycles. The molecule has 6 heteroatoms. The molecule has 1 rings (SSSR count). The Hall–Kier alpha value is -1.14. The zero-order chi connectivity index (χ0) is 14.6. The van der Waals surface area contributed by atoms with Crippen molar-refractivity contribution in [2.75, 3.05) is 4.72 Å². The first-order chi connectivity index (χ1) is 8.77. The van der Waals surface area contributed by atoms with Crippen molar-refractivity contribution in [2.45, 2.75) is 38.4 Å². The third-order valence-electron chi connectivity index (χ3n) is 2.88. The number of thiocarbonyl (C=S) groups is 1. The Bertz CT molecular complexity index is 554. The number of anilines is 1. The van der Waals surface area contributed by atoms with Gasteiger partial charge in [0.15, 0.2) is 0 Å². The Morgan fingerprint density at radius 3 is 2.53 bits per heavy atom. The van der Waals surface area contributed by atoms with E-state index in [1.54, 1.807) is 13.0 Å². The molecule has 4 nitrogen and oxygen atoms in total. The van der Waals surface area contributed by atoms with Crippen molar-refractivity contribution in [3.8, 4) is 0 Å². The predicted octanol–water partition coefficient (Wildman–Crippen LogP) is 2.62. The topological polar surface area (TPSA) is 72.2 Å². The van der Waals surface area contributed by atoms with E-state index in [0.717, 1.165) is 5.56 Å². The van der Waals surface area contributed by atoms with Crippen LogP contribution >= 0.6 is 12.2 Å². The molecule has 0 saturated heterocycles. The van der Waals surface area contributed by atoms with Crippen molar-refractivity contribution < 1.29 is 8.42 Å². The van der Waals surface area contributed by atoms with Crippen molar-refractivity contribution in [1.29, 1.82) is 0 Å². The van der Waals surface area contributed by atoms with Crippen LogP contribution in [0.25, 0.3) is 0 Å². The highest BCUT2D eigenvalue weighted by Crippen LogP contribution is 2.20. The summed E-state index contributed by atoms with van der Waals surface area (Å²) in [7, 11) is -3.58. The van der Waals surface area contributed by atoms with E-state index in [1.165, 1.54) is 0 Å². The smallest absolute Gasteiger partial charge is 0.242 e. The summed E-state index contributed by atoms with van der Waals surface area (Å²) in [6, 6.07) is 7.34. The summed E-state index contributed by atoms with van der Waals surface area (Å²) < 4.78 is 26.9. The van der Waals surface area contributed by atoms with Crippen LogP contribution in [0.2, 0.25) is 0 Å². The van der Waals surface area contributed by atoms with Crippen LogP contribution < -0.4 is 10.5 Å². The molecule has 0 radical (unpaired) electrons. The second-order valence-electron chi connectivity index (χ2n) is 4.73. The quantitative estimate of drug-likeness (QED) is 0.792. The summed E-state index contributed by atoms with van der Waals surface area (Å²) in [6.07, 6.45) is 0.356. The fourth-order valence-corrected chi connectivity index (χ4v) is 3.66. The minimum Gasteiger partial charge on any atom is -0.392 e. The van der Waals surface area contributed by atoms with Crippen LogP contribution in [0.3, 0.4) is 0 Å². The second kappa shape index (κ2) is 6.34. The highest BCUT2D eigenvalue weighted by molar-refractivity contribution is 7.95. The lowest BCUT2D eigenvalue weighted by Gasteiger charge is -2.17. The highest BCUT2D eigenvalue weighted by atomic mass is 32.2. The summed E-state index contributed by atoms with van der Waals surface area (Å²) in [5, 5.41) is -0.842. The van der Waals surface area contributed by atoms with E-state index in [2.05, 4.69) is 18.6 Å². The van der Waals surface area contributed by atoms with Crippen molar-refractivity contribution in [2.24, 2.45) is 5.73 Å². The van der Waals surface area contributed by atoms with Crippen LogP contribution in [0.1, 0.15) is 38.7 Å². The molecule has 0 aliphatic heterocycles. The molecule has 0 fully saturated rings. The first kappa shape index (κ1) is 15.9.